The molecule has 0 aliphatic heterocycles. The molecular formula is C37H67NO8P+. The molecule has 0 aliphatic rings. The number of unbranched alkanes of at least 4 members (excludes halogenated alkanes) is 9. The number of allylic oxidation sites excluding steroid dienone is 8. The molecule has 0 radical (unpaired) electrons. The second-order valence-corrected chi connectivity index (χ2v) is 14.3. The highest BCUT2D eigenvalue weighted by molar-refractivity contribution is 7.47. The quantitative estimate of drug-likeness (QED) is 0.0253. The topological polar surface area (TPSA) is 108 Å². The summed E-state index contributed by atoms with van der Waals surface area (Å²) in [6.45, 7) is 4.17. The van der Waals surface area contributed by atoms with Crippen molar-refractivity contribution in [3.8, 4) is 0 Å². The minimum Gasteiger partial charge on any atom is -0.462 e. The Morgan fingerprint density at radius 2 is 1.21 bits per heavy atom. The number of nitrogens with zero attached hydrogens (tertiary/aromatic N) is 1. The molecule has 0 aromatic heterocycles. The fourth-order valence-electron chi connectivity index (χ4n) is 4.32. The highest BCUT2D eigenvalue weighted by Gasteiger charge is 2.27. The molecule has 1 N–H and O–H groups in total. The molecule has 0 fully saturated rings. The summed E-state index contributed by atoms with van der Waals surface area (Å²) in [4.78, 5) is 35.0. The van der Waals surface area contributed by atoms with Crippen molar-refractivity contribution in [3.05, 3.63) is 48.6 Å². The van der Waals surface area contributed by atoms with Crippen LogP contribution >= 0.6 is 7.82 Å². The fourth-order valence-corrected chi connectivity index (χ4v) is 5.06. The van der Waals surface area contributed by atoms with Gasteiger partial charge in [-0.15, -0.1) is 0 Å². The van der Waals surface area contributed by atoms with Crippen molar-refractivity contribution in [2.24, 2.45) is 0 Å². The molecule has 0 aromatic carbocycles. The summed E-state index contributed by atoms with van der Waals surface area (Å²) in [6, 6.07) is 0. The van der Waals surface area contributed by atoms with Crippen LogP contribution in [0, 0.1) is 0 Å². The molecule has 2 unspecified atom stereocenters. The van der Waals surface area contributed by atoms with Gasteiger partial charge >= 0.3 is 19.8 Å². The molecule has 0 aliphatic carbocycles. The predicted molar refractivity (Wildman–Crippen MR) is 192 cm³/mol. The van der Waals surface area contributed by atoms with Crippen LogP contribution in [0.15, 0.2) is 48.6 Å². The third kappa shape index (κ3) is 33.7. The fraction of sp³-hybridized carbons (Fsp3) is 0.730. The normalized spacial score (nSPS) is 14.4. The van der Waals surface area contributed by atoms with E-state index in [4.69, 9.17) is 18.5 Å². The maximum atomic E-state index is 12.5. The maximum Gasteiger partial charge on any atom is 0.472 e. The second-order valence-electron chi connectivity index (χ2n) is 12.9. The first kappa shape index (κ1) is 45.0. The molecule has 0 heterocycles. The number of hydrogen-bond acceptors (Lipinski definition) is 7. The molecule has 0 amide bonds. The van der Waals surface area contributed by atoms with Crippen molar-refractivity contribution in [3.63, 3.8) is 0 Å². The maximum absolute atomic E-state index is 12.5. The number of carbonyl (C=O) groups is 2. The molecule has 47 heavy (non-hydrogen) atoms. The molecule has 0 spiro atoms. The Balaban J connectivity index is 4.61. The van der Waals surface area contributed by atoms with Crippen LogP contribution in [0.5, 0.6) is 0 Å². The van der Waals surface area contributed by atoms with Crippen LogP contribution in [0.3, 0.4) is 0 Å². The standard InChI is InChI=1S/C37H66NO8P/c1-6-8-10-12-14-16-18-19-20-22-24-26-28-30-37(40)46-35(34-45-47(41,42)44-32-31-38(3,4)5)33-43-36(39)29-27-25-23-21-17-15-13-11-9-7-2/h8,10,14,16,19-20,24,26,35H,6-7,9,11-13,15,17-18,21-23,25,27-34H2,1-5H3/p+1/b10-8-,16-14-,20-19-,26-24-. The van der Waals surface area contributed by atoms with Crippen LogP contribution in [0.2, 0.25) is 0 Å². The summed E-state index contributed by atoms with van der Waals surface area (Å²) in [6.07, 6.45) is 31.8. The highest BCUT2D eigenvalue weighted by Crippen LogP contribution is 2.43. The van der Waals surface area contributed by atoms with Gasteiger partial charge in [-0.25, -0.2) is 4.57 Å². The highest BCUT2D eigenvalue weighted by atomic mass is 31.2. The molecule has 10 heteroatoms. The van der Waals surface area contributed by atoms with E-state index in [9.17, 15) is 19.0 Å². The van der Waals surface area contributed by atoms with E-state index in [0.29, 0.717) is 17.4 Å². The molecular weight excluding hydrogens is 617 g/mol. The Morgan fingerprint density at radius 3 is 1.77 bits per heavy atom. The van der Waals surface area contributed by atoms with Crippen LogP contribution in [-0.4, -0.2) is 74.9 Å². The van der Waals surface area contributed by atoms with Gasteiger partial charge in [-0.1, -0.05) is 120 Å². The number of phosphoric acid groups is 1. The van der Waals surface area contributed by atoms with Crippen molar-refractivity contribution in [2.45, 2.75) is 129 Å². The monoisotopic (exact) mass is 684 g/mol. The Morgan fingerprint density at radius 1 is 0.681 bits per heavy atom. The van der Waals surface area contributed by atoms with Crippen molar-refractivity contribution in [2.75, 3.05) is 47.5 Å². The van der Waals surface area contributed by atoms with E-state index < -0.39 is 32.5 Å². The van der Waals surface area contributed by atoms with Gasteiger partial charge in [0.2, 0.25) is 0 Å². The molecule has 0 saturated heterocycles. The molecule has 9 nitrogen and oxygen atoms in total. The molecule has 0 saturated carbocycles. The van der Waals surface area contributed by atoms with Crippen LogP contribution in [-0.2, 0) is 32.7 Å². The Bertz CT molecular complexity index is 954. The summed E-state index contributed by atoms with van der Waals surface area (Å²) >= 11 is 0. The Hall–Kier alpha value is -2.03. The van der Waals surface area contributed by atoms with Gasteiger partial charge in [0.25, 0.3) is 0 Å². The number of ether oxygens (including phenoxy) is 2. The van der Waals surface area contributed by atoms with E-state index in [1.54, 1.807) is 0 Å². The first-order valence-corrected chi connectivity index (χ1v) is 19.4. The number of carbonyl (C=O) groups excluding carboxylic acids is 2. The minimum absolute atomic E-state index is 0.0183. The summed E-state index contributed by atoms with van der Waals surface area (Å²) in [5.41, 5.74) is 0. The molecule has 0 rings (SSSR count). The average molecular weight is 685 g/mol. The van der Waals surface area contributed by atoms with Crippen LogP contribution < -0.4 is 0 Å². The number of quaternary nitrogens is 1. The number of esters is 2. The van der Waals surface area contributed by atoms with Crippen molar-refractivity contribution in [1.82, 2.24) is 0 Å². The van der Waals surface area contributed by atoms with Gasteiger partial charge < -0.3 is 18.9 Å². The number of hydrogen-bond donors (Lipinski definition) is 1. The van der Waals surface area contributed by atoms with Gasteiger partial charge in [0.1, 0.15) is 19.8 Å². The Kier molecular flexibility index (Phi) is 28.8. The summed E-state index contributed by atoms with van der Waals surface area (Å²) in [5, 5.41) is 0. The smallest absolute Gasteiger partial charge is 0.462 e. The second kappa shape index (κ2) is 30.1. The third-order valence-electron chi connectivity index (χ3n) is 7.14. The van der Waals surface area contributed by atoms with Gasteiger partial charge in [-0.2, -0.15) is 0 Å². The Labute approximate surface area is 286 Å². The lowest BCUT2D eigenvalue weighted by Crippen LogP contribution is -2.37. The van der Waals surface area contributed by atoms with E-state index in [1.165, 1.54) is 44.9 Å². The zero-order valence-electron chi connectivity index (χ0n) is 30.2. The number of rotatable bonds is 31. The van der Waals surface area contributed by atoms with Gasteiger partial charge in [0.05, 0.1) is 27.7 Å². The van der Waals surface area contributed by atoms with E-state index in [-0.39, 0.29) is 26.1 Å². The SMILES string of the molecule is CC/C=C\C/C=C\C/C=C\C/C=C\CCC(=O)OC(COC(=O)CCCCCCCCCCCC)COP(=O)(O)OCC[N+](C)(C)C. The largest absolute Gasteiger partial charge is 0.472 e. The van der Waals surface area contributed by atoms with Crippen LogP contribution in [0.4, 0.5) is 0 Å². The van der Waals surface area contributed by atoms with E-state index >= 15 is 0 Å². The lowest BCUT2D eigenvalue weighted by atomic mass is 10.1. The first-order valence-electron chi connectivity index (χ1n) is 17.9. The van der Waals surface area contributed by atoms with E-state index in [2.05, 4.69) is 50.3 Å². The number of phosphoric ester groups is 1. The number of likely N-dealkylation sites (N-methyl/N-ethyl adjacent to an activating group) is 1. The van der Waals surface area contributed by atoms with Crippen molar-refractivity contribution >= 4 is 19.8 Å². The third-order valence-corrected chi connectivity index (χ3v) is 8.12. The zero-order valence-corrected chi connectivity index (χ0v) is 31.1. The van der Waals surface area contributed by atoms with Gasteiger partial charge in [-0.05, 0) is 38.5 Å². The zero-order chi connectivity index (χ0) is 35.1. The van der Waals surface area contributed by atoms with Gasteiger partial charge in [0, 0.05) is 12.8 Å². The minimum atomic E-state index is -4.38. The summed E-state index contributed by atoms with van der Waals surface area (Å²) in [5.74, 6) is -0.901. The average Bonchev–Trinajstić information content (AvgIpc) is 3.01. The van der Waals surface area contributed by atoms with Gasteiger partial charge in [0.15, 0.2) is 6.10 Å². The summed E-state index contributed by atoms with van der Waals surface area (Å²) < 4.78 is 33.9. The van der Waals surface area contributed by atoms with Crippen molar-refractivity contribution < 1.29 is 42.1 Å². The molecule has 2 atom stereocenters. The lowest BCUT2D eigenvalue weighted by molar-refractivity contribution is -0.870. The molecule has 0 aromatic rings. The van der Waals surface area contributed by atoms with Crippen LogP contribution in [0.25, 0.3) is 0 Å². The summed E-state index contributed by atoms with van der Waals surface area (Å²) in [7, 11) is 1.43. The van der Waals surface area contributed by atoms with Gasteiger partial charge in [-0.3, -0.25) is 18.6 Å². The van der Waals surface area contributed by atoms with Crippen molar-refractivity contribution in [1.29, 1.82) is 0 Å². The predicted octanol–water partition coefficient (Wildman–Crippen LogP) is 9.18. The van der Waals surface area contributed by atoms with E-state index in [1.807, 2.05) is 33.3 Å². The van der Waals surface area contributed by atoms with Crippen LogP contribution in [0.1, 0.15) is 123 Å². The molecule has 0 bridgehead atoms. The molecule has 272 valence electrons. The first-order chi connectivity index (χ1) is 22.5. The van der Waals surface area contributed by atoms with E-state index in [0.717, 1.165) is 44.9 Å². The lowest BCUT2D eigenvalue weighted by Gasteiger charge is -2.24.